The Balaban J connectivity index is 1.71. The number of aryl methyl sites for hydroxylation is 1. The van der Waals surface area contributed by atoms with Crippen LogP contribution in [0.2, 0.25) is 0 Å². The van der Waals surface area contributed by atoms with Gasteiger partial charge in [0.05, 0.1) is 0 Å². The number of nitriles is 1. The van der Waals surface area contributed by atoms with Crippen LogP contribution in [-0.4, -0.2) is 16.0 Å². The Kier molecular flexibility index (Phi) is 3.14. The number of hydrogen-bond acceptors (Lipinski definition) is 4. The second kappa shape index (κ2) is 4.80. The fourth-order valence-electron chi connectivity index (χ4n) is 3.91. The van der Waals surface area contributed by atoms with E-state index in [1.807, 2.05) is 6.92 Å². The third kappa shape index (κ3) is 2.42. The zero-order valence-electron chi connectivity index (χ0n) is 11.6. The van der Waals surface area contributed by atoms with Gasteiger partial charge >= 0.3 is 0 Å². The predicted molar refractivity (Wildman–Crippen MR) is 73.5 cm³/mol. The van der Waals surface area contributed by atoms with Crippen molar-refractivity contribution in [3.63, 3.8) is 0 Å². The molecule has 0 saturated heterocycles. The van der Waals surface area contributed by atoms with E-state index in [-0.39, 0.29) is 0 Å². The molecule has 0 aromatic carbocycles. The Morgan fingerprint density at radius 2 is 2.21 bits per heavy atom. The molecule has 4 unspecified atom stereocenters. The number of hydrogen-bond donors (Lipinski definition) is 1. The van der Waals surface area contributed by atoms with Gasteiger partial charge in [0.1, 0.15) is 11.8 Å². The van der Waals surface area contributed by atoms with Gasteiger partial charge in [0.15, 0.2) is 0 Å². The van der Waals surface area contributed by atoms with Crippen LogP contribution < -0.4 is 5.32 Å². The number of nitrogens with one attached hydrogen (secondary N) is 1. The van der Waals surface area contributed by atoms with Crippen LogP contribution in [0.3, 0.4) is 0 Å². The van der Waals surface area contributed by atoms with Crippen molar-refractivity contribution in [1.29, 1.82) is 5.26 Å². The lowest BCUT2D eigenvalue weighted by Crippen LogP contribution is -2.30. The molecule has 4 heteroatoms. The molecule has 0 aliphatic heterocycles. The number of nitrogens with zero attached hydrogens (tertiary/aromatic N) is 3. The summed E-state index contributed by atoms with van der Waals surface area (Å²) in [6.45, 7) is 4.12. The molecular formula is C15H20N4. The zero-order chi connectivity index (χ0) is 13.4. The van der Waals surface area contributed by atoms with E-state index in [0.717, 1.165) is 23.4 Å². The minimum atomic E-state index is 0.392. The van der Waals surface area contributed by atoms with Crippen LogP contribution in [0.15, 0.2) is 6.07 Å². The van der Waals surface area contributed by atoms with E-state index < -0.39 is 0 Å². The van der Waals surface area contributed by atoms with Crippen molar-refractivity contribution in [2.75, 3.05) is 5.32 Å². The monoisotopic (exact) mass is 256 g/mol. The van der Waals surface area contributed by atoms with Crippen molar-refractivity contribution < 1.29 is 0 Å². The van der Waals surface area contributed by atoms with Crippen molar-refractivity contribution in [3.8, 4) is 6.07 Å². The molecule has 19 heavy (non-hydrogen) atoms. The molecule has 0 spiro atoms. The SMILES string of the molecule is Cc1cc(C#N)nc(NC(C)C2CC3CCC2C3)n1. The van der Waals surface area contributed by atoms with Crippen LogP contribution in [0.25, 0.3) is 0 Å². The molecule has 2 aliphatic rings. The quantitative estimate of drug-likeness (QED) is 0.903. The second-order valence-corrected chi connectivity index (χ2v) is 6.10. The van der Waals surface area contributed by atoms with Crippen LogP contribution in [0.5, 0.6) is 0 Å². The van der Waals surface area contributed by atoms with Crippen LogP contribution >= 0.6 is 0 Å². The first kappa shape index (κ1) is 12.4. The minimum absolute atomic E-state index is 0.392. The van der Waals surface area contributed by atoms with Crippen molar-refractivity contribution in [2.24, 2.45) is 17.8 Å². The van der Waals surface area contributed by atoms with Crippen LogP contribution in [-0.2, 0) is 0 Å². The van der Waals surface area contributed by atoms with E-state index in [1.165, 1.54) is 25.7 Å². The van der Waals surface area contributed by atoms with Gasteiger partial charge in [-0.2, -0.15) is 5.26 Å². The zero-order valence-corrected chi connectivity index (χ0v) is 11.6. The van der Waals surface area contributed by atoms with Crippen LogP contribution in [0, 0.1) is 36.0 Å². The van der Waals surface area contributed by atoms with Gasteiger partial charge in [0.25, 0.3) is 0 Å². The van der Waals surface area contributed by atoms with Gasteiger partial charge in [-0.3, -0.25) is 0 Å². The Bertz CT molecular complexity index is 519. The summed E-state index contributed by atoms with van der Waals surface area (Å²) in [5, 5.41) is 12.4. The van der Waals surface area contributed by atoms with Gasteiger partial charge in [0.2, 0.25) is 5.95 Å². The lowest BCUT2D eigenvalue weighted by molar-refractivity contribution is 0.303. The van der Waals surface area contributed by atoms with E-state index in [9.17, 15) is 0 Å². The minimum Gasteiger partial charge on any atom is -0.351 e. The Labute approximate surface area is 114 Å². The molecule has 3 rings (SSSR count). The maximum absolute atomic E-state index is 8.95. The number of anilines is 1. The number of rotatable bonds is 3. The highest BCUT2D eigenvalue weighted by molar-refractivity contribution is 5.34. The first-order valence-electron chi connectivity index (χ1n) is 7.18. The molecule has 100 valence electrons. The molecule has 4 atom stereocenters. The molecule has 2 bridgehead atoms. The highest BCUT2D eigenvalue weighted by Crippen LogP contribution is 2.49. The summed E-state index contributed by atoms with van der Waals surface area (Å²) >= 11 is 0. The van der Waals surface area contributed by atoms with Crippen LogP contribution in [0.1, 0.15) is 44.0 Å². The maximum Gasteiger partial charge on any atom is 0.224 e. The largest absolute Gasteiger partial charge is 0.351 e. The normalized spacial score (nSPS) is 30.1. The summed E-state index contributed by atoms with van der Waals surface area (Å²) in [6, 6.07) is 4.19. The van der Waals surface area contributed by atoms with Gasteiger partial charge in [-0.1, -0.05) is 6.42 Å². The molecule has 2 saturated carbocycles. The summed E-state index contributed by atoms with van der Waals surface area (Å²) in [6.07, 6.45) is 5.57. The van der Waals surface area contributed by atoms with Gasteiger partial charge in [-0.25, -0.2) is 9.97 Å². The molecule has 1 N–H and O–H groups in total. The van der Waals surface area contributed by atoms with E-state index in [4.69, 9.17) is 5.26 Å². The van der Waals surface area contributed by atoms with Gasteiger partial charge < -0.3 is 5.32 Å². The molecule has 0 radical (unpaired) electrons. The topological polar surface area (TPSA) is 61.6 Å². The lowest BCUT2D eigenvalue weighted by Gasteiger charge is -2.28. The third-order valence-electron chi connectivity index (χ3n) is 4.76. The molecule has 0 amide bonds. The molecule has 4 nitrogen and oxygen atoms in total. The van der Waals surface area contributed by atoms with Crippen molar-refractivity contribution in [3.05, 3.63) is 17.5 Å². The van der Waals surface area contributed by atoms with E-state index in [1.54, 1.807) is 6.07 Å². The molecule has 2 fully saturated rings. The predicted octanol–water partition coefficient (Wildman–Crippen LogP) is 2.89. The van der Waals surface area contributed by atoms with Gasteiger partial charge in [0, 0.05) is 11.7 Å². The molecule has 1 aromatic heterocycles. The fraction of sp³-hybridized carbons (Fsp3) is 0.667. The Hall–Kier alpha value is -1.63. The maximum atomic E-state index is 8.95. The van der Waals surface area contributed by atoms with Crippen molar-refractivity contribution in [1.82, 2.24) is 9.97 Å². The lowest BCUT2D eigenvalue weighted by atomic mass is 9.84. The van der Waals surface area contributed by atoms with E-state index in [2.05, 4.69) is 28.3 Å². The fourth-order valence-corrected chi connectivity index (χ4v) is 3.91. The average molecular weight is 256 g/mol. The summed E-state index contributed by atoms with van der Waals surface area (Å²) in [5.41, 5.74) is 1.28. The first-order valence-corrected chi connectivity index (χ1v) is 7.18. The molecule has 2 aliphatic carbocycles. The van der Waals surface area contributed by atoms with E-state index in [0.29, 0.717) is 17.7 Å². The van der Waals surface area contributed by atoms with Gasteiger partial charge in [-0.15, -0.1) is 0 Å². The number of aromatic nitrogens is 2. The molecule has 1 aromatic rings. The van der Waals surface area contributed by atoms with Crippen molar-refractivity contribution in [2.45, 2.75) is 45.6 Å². The summed E-state index contributed by atoms with van der Waals surface area (Å²) in [4.78, 5) is 8.62. The Morgan fingerprint density at radius 3 is 2.84 bits per heavy atom. The molecular weight excluding hydrogens is 236 g/mol. The summed E-state index contributed by atoms with van der Waals surface area (Å²) in [5.74, 6) is 3.18. The smallest absolute Gasteiger partial charge is 0.224 e. The summed E-state index contributed by atoms with van der Waals surface area (Å²) < 4.78 is 0. The standard InChI is InChI=1S/C15H20N4/c1-9-5-13(8-16)19-15(17-9)18-10(2)14-7-11-3-4-12(14)6-11/h5,10-12,14H,3-4,6-7H2,1-2H3,(H,17,18,19). The highest BCUT2D eigenvalue weighted by Gasteiger charge is 2.41. The highest BCUT2D eigenvalue weighted by atomic mass is 15.1. The summed E-state index contributed by atoms with van der Waals surface area (Å²) in [7, 11) is 0. The average Bonchev–Trinajstić information content (AvgIpc) is 3.00. The molecule has 1 heterocycles. The Morgan fingerprint density at radius 1 is 1.37 bits per heavy atom. The second-order valence-electron chi connectivity index (χ2n) is 6.10. The first-order chi connectivity index (χ1) is 9.15. The number of fused-ring (bicyclic) bond motifs is 2. The van der Waals surface area contributed by atoms with Gasteiger partial charge in [-0.05, 0) is 56.9 Å². The van der Waals surface area contributed by atoms with E-state index >= 15 is 0 Å². The van der Waals surface area contributed by atoms with Crippen molar-refractivity contribution >= 4 is 5.95 Å². The third-order valence-corrected chi connectivity index (χ3v) is 4.76. The van der Waals surface area contributed by atoms with Crippen LogP contribution in [0.4, 0.5) is 5.95 Å².